The molecule has 4 aromatic rings. The topological polar surface area (TPSA) is 32.6 Å². The van der Waals surface area contributed by atoms with E-state index < -0.39 is 57.2 Å². The summed E-state index contributed by atoms with van der Waals surface area (Å²) in [6.07, 6.45) is 0.808. The van der Waals surface area contributed by atoms with Gasteiger partial charge in [0, 0.05) is 23.3 Å². The number of benzene rings is 4. The second-order valence-corrected chi connectivity index (χ2v) is 9.93. The van der Waals surface area contributed by atoms with E-state index in [1.54, 1.807) is 12.1 Å². The Kier molecular flexibility index (Phi) is 6.99. The van der Waals surface area contributed by atoms with E-state index in [0.29, 0.717) is 5.56 Å². The normalized spacial score (nSPS) is 13.0. The lowest BCUT2D eigenvalue weighted by Gasteiger charge is -2.21. The van der Waals surface area contributed by atoms with Gasteiger partial charge in [0.15, 0.2) is 40.7 Å². The van der Waals surface area contributed by atoms with Crippen molar-refractivity contribution in [2.24, 2.45) is 4.99 Å². The average Bonchev–Trinajstić information content (AvgIpc) is 2.88. The fourth-order valence-corrected chi connectivity index (χ4v) is 4.22. The highest BCUT2D eigenvalue weighted by atomic mass is 19.2. The number of rotatable bonds is 4. The maximum atomic E-state index is 14.6. The molecule has 1 N–H and O–H groups in total. The van der Waals surface area contributed by atoms with Gasteiger partial charge in [-0.15, -0.1) is 0 Å². The number of aliphatic imine (C=N–C) groups is 1. The van der Waals surface area contributed by atoms with Crippen LogP contribution in [0.3, 0.4) is 0 Å². The summed E-state index contributed by atoms with van der Waals surface area (Å²) in [7, 11) is 0. The fraction of sp³-hybridized carbons (Fsp3) is 0.207. The van der Waals surface area contributed by atoms with E-state index in [1.165, 1.54) is 6.07 Å². The Balaban J connectivity index is 1.81. The molecule has 0 aliphatic carbocycles. The molecule has 0 radical (unpaired) electrons. The monoisotopic (exact) mass is 533 g/mol. The highest BCUT2D eigenvalue weighted by molar-refractivity contribution is 5.97. The highest BCUT2D eigenvalue weighted by Crippen LogP contribution is 2.40. The van der Waals surface area contributed by atoms with Gasteiger partial charge in [-0.1, -0.05) is 64.1 Å². The van der Waals surface area contributed by atoms with Crippen LogP contribution < -0.4 is 0 Å². The van der Waals surface area contributed by atoms with E-state index in [1.807, 2.05) is 31.2 Å². The molecule has 1 unspecified atom stereocenters. The molecule has 38 heavy (non-hydrogen) atoms. The standard InChI is InChI=1S/C29H22F7NO/c1-13(14-8-10-16(11-9-14)29(2,3)4)17-7-5-6-15(28(17)38)12-37-27-19-18(21(31)25(35)26(27)36)20(30)23(33)24(34)22(19)32/h5-13,38H,1-4H3. The summed E-state index contributed by atoms with van der Waals surface area (Å²) in [5, 5.41) is 7.83. The largest absolute Gasteiger partial charge is 0.507 e. The molecule has 0 aliphatic rings. The van der Waals surface area contributed by atoms with E-state index in [2.05, 4.69) is 25.8 Å². The van der Waals surface area contributed by atoms with Crippen LogP contribution in [0.2, 0.25) is 0 Å². The molecule has 0 saturated heterocycles. The van der Waals surface area contributed by atoms with E-state index in [-0.39, 0.29) is 22.6 Å². The Morgan fingerprint density at radius 2 is 1.24 bits per heavy atom. The van der Waals surface area contributed by atoms with Gasteiger partial charge in [0.25, 0.3) is 0 Å². The van der Waals surface area contributed by atoms with Crippen LogP contribution in [0.5, 0.6) is 5.75 Å². The fourth-order valence-electron chi connectivity index (χ4n) is 4.22. The van der Waals surface area contributed by atoms with Crippen LogP contribution in [-0.4, -0.2) is 11.3 Å². The SMILES string of the molecule is CC(c1ccc(C(C)(C)C)cc1)c1cccc(C=Nc2c(F)c(F)c(F)c3c(F)c(F)c(F)c(F)c23)c1O. The number of phenolic OH excluding ortho intramolecular Hbond substituents is 1. The van der Waals surface area contributed by atoms with Crippen LogP contribution in [0.4, 0.5) is 36.4 Å². The number of halogens is 7. The van der Waals surface area contributed by atoms with Gasteiger partial charge in [-0.2, -0.15) is 0 Å². The number of hydrogen-bond acceptors (Lipinski definition) is 2. The molecular formula is C29H22F7NO. The summed E-state index contributed by atoms with van der Waals surface area (Å²) < 4.78 is 99.2. The first kappa shape index (κ1) is 27.2. The van der Waals surface area contributed by atoms with Crippen LogP contribution in [0, 0.1) is 40.7 Å². The van der Waals surface area contributed by atoms with Crippen molar-refractivity contribution in [2.45, 2.75) is 39.0 Å². The molecule has 4 aromatic carbocycles. The molecule has 0 aromatic heterocycles. The van der Waals surface area contributed by atoms with Crippen molar-refractivity contribution in [2.75, 3.05) is 0 Å². The molecule has 1 atom stereocenters. The van der Waals surface area contributed by atoms with Gasteiger partial charge in [-0.3, -0.25) is 4.99 Å². The third-order valence-electron chi connectivity index (χ3n) is 6.49. The molecular weight excluding hydrogens is 511 g/mol. The molecule has 0 heterocycles. The zero-order chi connectivity index (χ0) is 28.1. The molecule has 0 amide bonds. The van der Waals surface area contributed by atoms with Gasteiger partial charge < -0.3 is 5.11 Å². The average molecular weight is 533 g/mol. The quantitative estimate of drug-likeness (QED) is 0.121. The highest BCUT2D eigenvalue weighted by Gasteiger charge is 2.30. The number of phenols is 1. The second-order valence-electron chi connectivity index (χ2n) is 9.93. The van der Waals surface area contributed by atoms with E-state index >= 15 is 0 Å². The lowest BCUT2D eigenvalue weighted by Crippen LogP contribution is -2.11. The van der Waals surface area contributed by atoms with E-state index in [9.17, 15) is 35.8 Å². The minimum atomic E-state index is -2.38. The Bertz CT molecular complexity index is 1580. The van der Waals surface area contributed by atoms with Crippen molar-refractivity contribution in [3.05, 3.63) is 105 Å². The van der Waals surface area contributed by atoms with Crippen molar-refractivity contribution < 1.29 is 35.8 Å². The maximum absolute atomic E-state index is 14.6. The van der Waals surface area contributed by atoms with Gasteiger partial charge in [-0.25, -0.2) is 30.7 Å². The van der Waals surface area contributed by atoms with Gasteiger partial charge in [0.2, 0.25) is 0 Å². The molecule has 0 spiro atoms. The number of hydrogen-bond donors (Lipinski definition) is 1. The summed E-state index contributed by atoms with van der Waals surface area (Å²) in [6.45, 7) is 8.05. The molecule has 9 heteroatoms. The summed E-state index contributed by atoms with van der Waals surface area (Å²) in [4.78, 5) is 3.59. The first-order chi connectivity index (χ1) is 17.8. The second kappa shape index (κ2) is 9.78. The molecule has 0 bridgehead atoms. The van der Waals surface area contributed by atoms with Crippen LogP contribution in [0.1, 0.15) is 55.9 Å². The van der Waals surface area contributed by atoms with Crippen molar-refractivity contribution in [3.8, 4) is 5.75 Å². The Morgan fingerprint density at radius 1 is 0.711 bits per heavy atom. The first-order valence-corrected chi connectivity index (χ1v) is 11.5. The maximum Gasteiger partial charge on any atom is 0.198 e. The Morgan fingerprint density at radius 3 is 1.79 bits per heavy atom. The van der Waals surface area contributed by atoms with Crippen LogP contribution in [0.25, 0.3) is 10.8 Å². The van der Waals surface area contributed by atoms with Crippen LogP contribution in [0.15, 0.2) is 47.5 Å². The van der Waals surface area contributed by atoms with Crippen molar-refractivity contribution in [1.82, 2.24) is 0 Å². The minimum absolute atomic E-state index is 0.0265. The summed E-state index contributed by atoms with van der Waals surface area (Å²) >= 11 is 0. The van der Waals surface area contributed by atoms with Crippen molar-refractivity contribution in [1.29, 1.82) is 0 Å². The summed E-state index contributed by atoms with van der Waals surface area (Å²) in [5.41, 5.74) is 1.04. The predicted octanol–water partition coefficient (Wildman–Crippen LogP) is 8.72. The first-order valence-electron chi connectivity index (χ1n) is 11.5. The van der Waals surface area contributed by atoms with Crippen molar-refractivity contribution in [3.63, 3.8) is 0 Å². The number of fused-ring (bicyclic) bond motifs is 1. The minimum Gasteiger partial charge on any atom is -0.507 e. The molecule has 0 saturated carbocycles. The van der Waals surface area contributed by atoms with Gasteiger partial charge in [0.05, 0.1) is 10.8 Å². The Labute approximate surface area is 214 Å². The lowest BCUT2D eigenvalue weighted by atomic mass is 9.84. The number of nitrogens with zero attached hydrogens (tertiary/aromatic N) is 1. The molecule has 2 nitrogen and oxygen atoms in total. The molecule has 198 valence electrons. The Hall–Kier alpha value is -3.88. The van der Waals surface area contributed by atoms with Gasteiger partial charge in [0.1, 0.15) is 11.4 Å². The van der Waals surface area contributed by atoms with Gasteiger partial charge >= 0.3 is 0 Å². The van der Waals surface area contributed by atoms with Crippen molar-refractivity contribution >= 4 is 22.7 Å². The van der Waals surface area contributed by atoms with E-state index in [4.69, 9.17) is 0 Å². The number of aromatic hydroxyl groups is 1. The molecule has 4 rings (SSSR count). The molecule has 0 fully saturated rings. The smallest absolute Gasteiger partial charge is 0.198 e. The lowest BCUT2D eigenvalue weighted by molar-refractivity contribution is 0.411. The number of para-hydroxylation sites is 1. The zero-order valence-electron chi connectivity index (χ0n) is 20.7. The summed E-state index contributed by atoms with van der Waals surface area (Å²) in [5.74, 6) is -16.2. The third-order valence-corrected chi connectivity index (χ3v) is 6.49. The summed E-state index contributed by atoms with van der Waals surface area (Å²) in [6, 6.07) is 12.3. The molecule has 0 aliphatic heterocycles. The van der Waals surface area contributed by atoms with Crippen LogP contribution in [-0.2, 0) is 5.41 Å². The van der Waals surface area contributed by atoms with E-state index in [0.717, 1.165) is 17.3 Å². The predicted molar refractivity (Wildman–Crippen MR) is 132 cm³/mol. The third kappa shape index (κ3) is 4.50. The zero-order valence-corrected chi connectivity index (χ0v) is 20.7. The van der Waals surface area contributed by atoms with Crippen LogP contribution >= 0.6 is 0 Å². The van der Waals surface area contributed by atoms with Gasteiger partial charge in [-0.05, 0) is 22.6 Å².